The summed E-state index contributed by atoms with van der Waals surface area (Å²) in [6, 6.07) is 3.72. The minimum Gasteiger partial charge on any atom is -0.431 e. The molecule has 6 nitrogen and oxygen atoms in total. The summed E-state index contributed by atoms with van der Waals surface area (Å²) in [5, 5.41) is 4.07. The van der Waals surface area contributed by atoms with E-state index < -0.39 is 0 Å². The van der Waals surface area contributed by atoms with Gasteiger partial charge in [-0.1, -0.05) is 19.0 Å². The van der Waals surface area contributed by atoms with E-state index in [4.69, 9.17) is 14.7 Å². The molecule has 1 aromatic heterocycles. The highest BCUT2D eigenvalue weighted by Gasteiger charge is 2.80. The fourth-order valence-corrected chi connectivity index (χ4v) is 8.92. The highest BCUT2D eigenvalue weighted by atomic mass is 16.6. The molecule has 0 aromatic carbocycles. The van der Waals surface area contributed by atoms with E-state index in [2.05, 4.69) is 23.9 Å². The summed E-state index contributed by atoms with van der Waals surface area (Å²) in [7, 11) is 0. The molecule has 0 N–H and O–H groups in total. The van der Waals surface area contributed by atoms with Crippen LogP contribution in [0.5, 0.6) is 0 Å². The van der Waals surface area contributed by atoms with Gasteiger partial charge in [0.15, 0.2) is 0 Å². The summed E-state index contributed by atoms with van der Waals surface area (Å²) < 4.78 is 11.9. The van der Waals surface area contributed by atoms with Gasteiger partial charge in [-0.3, -0.25) is 0 Å². The lowest BCUT2D eigenvalue weighted by molar-refractivity contribution is -0.128. The van der Waals surface area contributed by atoms with Crippen LogP contribution in [0.4, 0.5) is 0 Å². The molecule has 5 fully saturated rings. The summed E-state index contributed by atoms with van der Waals surface area (Å²) in [6.07, 6.45) is 11.3. The molecule has 4 saturated carbocycles. The third kappa shape index (κ3) is 2.24. The van der Waals surface area contributed by atoms with E-state index in [9.17, 15) is 4.79 Å². The van der Waals surface area contributed by atoms with E-state index >= 15 is 0 Å². The molecule has 4 aliphatic carbocycles. The van der Waals surface area contributed by atoms with Crippen molar-refractivity contribution in [1.29, 1.82) is 0 Å². The lowest BCUT2D eigenvalue weighted by atomic mass is 9.44. The largest absolute Gasteiger partial charge is 0.431 e. The lowest BCUT2D eigenvalue weighted by Gasteiger charge is -2.61. The molecule has 1 saturated heterocycles. The van der Waals surface area contributed by atoms with E-state index in [1.807, 2.05) is 6.07 Å². The van der Waals surface area contributed by atoms with Crippen molar-refractivity contribution in [3.63, 3.8) is 0 Å². The Balaban J connectivity index is 1.32. The van der Waals surface area contributed by atoms with Crippen LogP contribution in [0.2, 0.25) is 0 Å². The van der Waals surface area contributed by atoms with Gasteiger partial charge >= 0.3 is 5.63 Å². The standard InChI is InChI=1S/C24H31N3O3/c1-22-9-7-16(26-27-25)11-15(22)4-5-18-17(22)8-10-23(2)19(12-20-24(18,23)30-20)14-3-6-21(28)29-13-14/h3,6,13,15-20H,4-5,7-12H2,1-2H3/t15-,16+,17+,18?,19-,20-,22+,23-,24-/m1/s1. The second-order valence-electron chi connectivity index (χ2n) is 11.2. The average molecular weight is 410 g/mol. The number of ether oxygens (including phenoxy) is 1. The van der Waals surface area contributed by atoms with Gasteiger partial charge in [-0.25, -0.2) is 4.79 Å². The van der Waals surface area contributed by atoms with Crippen LogP contribution in [-0.4, -0.2) is 17.7 Å². The Morgan fingerprint density at radius 1 is 1.10 bits per heavy atom. The lowest BCUT2D eigenvalue weighted by Crippen LogP contribution is -2.58. The highest BCUT2D eigenvalue weighted by molar-refractivity contribution is 5.35. The van der Waals surface area contributed by atoms with Crippen LogP contribution >= 0.6 is 0 Å². The van der Waals surface area contributed by atoms with Gasteiger partial charge in [-0.05, 0) is 97.6 Å². The fraction of sp³-hybridized carbons (Fsp3) is 0.792. The maximum Gasteiger partial charge on any atom is 0.335 e. The number of epoxide rings is 1. The quantitative estimate of drug-likeness (QED) is 0.276. The summed E-state index contributed by atoms with van der Waals surface area (Å²) in [6.45, 7) is 4.97. The second kappa shape index (κ2) is 6.14. The Hall–Kier alpha value is -1.78. The molecule has 160 valence electrons. The number of nitrogens with zero attached hydrogens (tertiary/aromatic N) is 3. The Morgan fingerprint density at radius 2 is 1.97 bits per heavy atom. The summed E-state index contributed by atoms with van der Waals surface area (Å²) >= 11 is 0. The zero-order valence-corrected chi connectivity index (χ0v) is 17.9. The molecule has 1 unspecified atom stereocenters. The van der Waals surface area contributed by atoms with E-state index in [-0.39, 0.29) is 22.7 Å². The maximum absolute atomic E-state index is 11.5. The van der Waals surface area contributed by atoms with Gasteiger partial charge in [0.1, 0.15) is 5.60 Å². The first-order chi connectivity index (χ1) is 14.4. The van der Waals surface area contributed by atoms with Gasteiger partial charge in [0.25, 0.3) is 0 Å². The Bertz CT molecular complexity index is 966. The van der Waals surface area contributed by atoms with Crippen LogP contribution in [0, 0.1) is 28.6 Å². The highest BCUT2D eigenvalue weighted by Crippen LogP contribution is 2.77. The van der Waals surface area contributed by atoms with Crippen molar-refractivity contribution >= 4 is 0 Å². The van der Waals surface area contributed by atoms with Crippen LogP contribution in [-0.2, 0) is 4.74 Å². The molecule has 1 spiro atoms. The first kappa shape index (κ1) is 18.9. The van der Waals surface area contributed by atoms with Crippen LogP contribution < -0.4 is 5.63 Å². The topological polar surface area (TPSA) is 91.5 Å². The Kier molecular flexibility index (Phi) is 3.88. The van der Waals surface area contributed by atoms with Crippen molar-refractivity contribution in [3.8, 4) is 0 Å². The number of hydrogen-bond acceptors (Lipinski definition) is 4. The van der Waals surface area contributed by atoms with Gasteiger partial charge in [-0.15, -0.1) is 0 Å². The van der Waals surface area contributed by atoms with Crippen LogP contribution in [0.25, 0.3) is 10.4 Å². The molecule has 30 heavy (non-hydrogen) atoms. The van der Waals surface area contributed by atoms with Gasteiger partial charge in [0, 0.05) is 22.4 Å². The van der Waals surface area contributed by atoms with E-state index in [0.717, 1.165) is 19.3 Å². The number of hydrogen-bond donors (Lipinski definition) is 0. The number of azide groups is 1. The van der Waals surface area contributed by atoms with Crippen molar-refractivity contribution in [3.05, 3.63) is 44.8 Å². The minimum atomic E-state index is -0.274. The smallest absolute Gasteiger partial charge is 0.335 e. The zero-order valence-electron chi connectivity index (χ0n) is 17.9. The molecule has 6 rings (SSSR count). The van der Waals surface area contributed by atoms with Gasteiger partial charge in [-0.2, -0.15) is 0 Å². The number of rotatable bonds is 2. The third-order valence-corrected chi connectivity index (χ3v) is 10.4. The summed E-state index contributed by atoms with van der Waals surface area (Å²) in [5.41, 5.74) is 10.2. The van der Waals surface area contributed by atoms with Gasteiger partial charge < -0.3 is 9.15 Å². The third-order valence-electron chi connectivity index (χ3n) is 10.4. The van der Waals surface area contributed by atoms with Crippen molar-refractivity contribution in [2.45, 2.75) is 88.9 Å². The Labute approximate surface area is 177 Å². The molecular weight excluding hydrogens is 378 g/mol. The molecule has 0 amide bonds. The first-order valence-corrected chi connectivity index (χ1v) is 11.7. The molecule has 0 bridgehead atoms. The van der Waals surface area contributed by atoms with Crippen molar-refractivity contribution in [2.75, 3.05) is 0 Å². The SMILES string of the molecule is C[C@]12CC[C@H](N=[N+]=[N-])C[C@H]1CCC1[C@@H]2CC[C@]2(C)[C@@H](c3ccc(=O)oc3)C[C@H]3O[C@]132. The zero-order chi connectivity index (χ0) is 20.7. The van der Waals surface area contributed by atoms with Gasteiger partial charge in [0.05, 0.1) is 12.4 Å². The second-order valence-corrected chi connectivity index (χ2v) is 11.2. The molecule has 9 atom stereocenters. The molecule has 5 aliphatic rings. The predicted molar refractivity (Wildman–Crippen MR) is 112 cm³/mol. The van der Waals surface area contributed by atoms with E-state index in [1.165, 1.54) is 37.7 Å². The van der Waals surface area contributed by atoms with Crippen molar-refractivity contribution in [2.24, 2.45) is 33.7 Å². The van der Waals surface area contributed by atoms with Crippen LogP contribution in [0.1, 0.15) is 76.7 Å². The molecule has 1 aromatic rings. The molecule has 0 radical (unpaired) electrons. The van der Waals surface area contributed by atoms with Crippen LogP contribution in [0.15, 0.2) is 32.7 Å². The van der Waals surface area contributed by atoms with Crippen molar-refractivity contribution in [1.82, 2.24) is 0 Å². The Morgan fingerprint density at radius 3 is 2.73 bits per heavy atom. The average Bonchev–Trinajstić information content (AvgIpc) is 3.39. The molecule has 2 heterocycles. The van der Waals surface area contributed by atoms with E-state index in [1.54, 1.807) is 12.3 Å². The normalized spacial score (nSPS) is 51.0. The van der Waals surface area contributed by atoms with Crippen LogP contribution in [0.3, 0.4) is 0 Å². The van der Waals surface area contributed by atoms with E-state index in [0.29, 0.717) is 35.2 Å². The molecule has 6 heteroatoms. The summed E-state index contributed by atoms with van der Waals surface area (Å²) in [5.74, 6) is 2.40. The number of fused-ring (bicyclic) bond motifs is 3. The summed E-state index contributed by atoms with van der Waals surface area (Å²) in [4.78, 5) is 14.6. The monoisotopic (exact) mass is 409 g/mol. The first-order valence-electron chi connectivity index (χ1n) is 11.7. The van der Waals surface area contributed by atoms with Crippen molar-refractivity contribution < 1.29 is 9.15 Å². The molecule has 1 aliphatic heterocycles. The van der Waals surface area contributed by atoms with Gasteiger partial charge in [0.2, 0.25) is 0 Å². The maximum atomic E-state index is 11.5. The minimum absolute atomic E-state index is 0.00630. The predicted octanol–water partition coefficient (Wildman–Crippen LogP) is 5.58. The molecular formula is C24H31N3O3. The fourth-order valence-electron chi connectivity index (χ4n) is 8.92.